The predicted molar refractivity (Wildman–Crippen MR) is 115 cm³/mol. The van der Waals surface area contributed by atoms with Crippen molar-refractivity contribution in [3.05, 3.63) is 90.0 Å². The lowest BCUT2D eigenvalue weighted by atomic mass is 9.98. The first-order valence-corrected chi connectivity index (χ1v) is 12.2. The van der Waals surface area contributed by atoms with Gasteiger partial charge in [0.2, 0.25) is 10.0 Å². The van der Waals surface area contributed by atoms with Crippen LogP contribution in [0.4, 0.5) is 9.57 Å². The summed E-state index contributed by atoms with van der Waals surface area (Å²) in [6.45, 7) is 0. The molecule has 3 aromatic rings. The Morgan fingerprint density at radius 3 is 1.97 bits per heavy atom. The lowest BCUT2D eigenvalue weighted by Crippen LogP contribution is -2.19. The maximum Gasteiger partial charge on any atom is 0.332 e. The van der Waals surface area contributed by atoms with Gasteiger partial charge in [0, 0.05) is 6.42 Å². The van der Waals surface area contributed by atoms with Crippen LogP contribution in [0.25, 0.3) is 0 Å². The van der Waals surface area contributed by atoms with E-state index in [4.69, 9.17) is 10.2 Å². The quantitative estimate of drug-likeness (QED) is 0.589. The van der Waals surface area contributed by atoms with Gasteiger partial charge in [-0.15, -0.1) is 3.89 Å². The Balaban J connectivity index is 1.73. The first kappa shape index (κ1) is 21.2. The van der Waals surface area contributed by atoms with Gasteiger partial charge >= 0.3 is 10.2 Å². The number of halogens is 1. The fourth-order valence-corrected chi connectivity index (χ4v) is 4.43. The van der Waals surface area contributed by atoms with Crippen LogP contribution in [0.2, 0.25) is 0 Å². The number of primary sulfonamides is 1. The number of benzene rings is 3. The van der Waals surface area contributed by atoms with Crippen LogP contribution in [0.5, 0.6) is 0 Å². The highest BCUT2D eigenvalue weighted by Gasteiger charge is 2.30. The van der Waals surface area contributed by atoms with Gasteiger partial charge in [-0.1, -0.05) is 42.5 Å². The number of nitrogens with two attached hydrogens (primary N) is 1. The number of hydrazone groups is 1. The monoisotopic (exact) mass is 459 g/mol. The summed E-state index contributed by atoms with van der Waals surface area (Å²) in [5, 5.41) is 11.7. The van der Waals surface area contributed by atoms with E-state index in [1.165, 1.54) is 36.4 Å². The van der Waals surface area contributed by atoms with Gasteiger partial charge in [-0.3, -0.25) is 5.01 Å². The van der Waals surface area contributed by atoms with E-state index in [1.54, 1.807) is 17.1 Å². The molecule has 0 saturated carbocycles. The SMILES string of the molecule is NS(=O)(=O)c1ccc(N2N=C(c3ccc(S(=O)(=O)F)cc3)CC2c2ccccc2)cc1. The molecule has 0 aromatic heterocycles. The topological polar surface area (TPSA) is 110 Å². The fraction of sp³-hybridized carbons (Fsp3) is 0.0952. The fourth-order valence-electron chi connectivity index (χ4n) is 3.46. The maximum atomic E-state index is 13.2. The number of anilines is 1. The number of nitrogens with zero attached hydrogens (tertiary/aromatic N) is 2. The highest BCUT2D eigenvalue weighted by molar-refractivity contribution is 7.89. The minimum atomic E-state index is -4.78. The largest absolute Gasteiger partial charge is 0.332 e. The van der Waals surface area contributed by atoms with Crippen LogP contribution in [-0.2, 0) is 20.2 Å². The third-order valence-electron chi connectivity index (χ3n) is 4.99. The number of hydrogen-bond donors (Lipinski definition) is 1. The second-order valence-electron chi connectivity index (χ2n) is 7.02. The van der Waals surface area contributed by atoms with Crippen molar-refractivity contribution < 1.29 is 20.7 Å². The predicted octanol–water partition coefficient (Wildman–Crippen LogP) is 3.35. The van der Waals surface area contributed by atoms with Crippen LogP contribution in [-0.4, -0.2) is 22.5 Å². The van der Waals surface area contributed by atoms with E-state index in [0.29, 0.717) is 23.4 Å². The average molecular weight is 460 g/mol. The average Bonchev–Trinajstić information content (AvgIpc) is 3.19. The molecule has 1 unspecified atom stereocenters. The molecule has 31 heavy (non-hydrogen) atoms. The molecule has 1 aliphatic rings. The molecule has 1 heterocycles. The Hall–Kier alpha value is -3.08. The van der Waals surface area contributed by atoms with E-state index in [9.17, 15) is 20.7 Å². The zero-order valence-electron chi connectivity index (χ0n) is 16.1. The molecule has 0 spiro atoms. The van der Waals surface area contributed by atoms with E-state index in [0.717, 1.165) is 5.56 Å². The van der Waals surface area contributed by atoms with Gasteiger partial charge in [0.25, 0.3) is 0 Å². The summed E-state index contributed by atoms with van der Waals surface area (Å²) >= 11 is 0. The lowest BCUT2D eigenvalue weighted by molar-refractivity contribution is 0.552. The Morgan fingerprint density at radius 2 is 1.42 bits per heavy atom. The summed E-state index contributed by atoms with van der Waals surface area (Å²) in [7, 11) is -8.59. The third-order valence-corrected chi connectivity index (χ3v) is 6.76. The summed E-state index contributed by atoms with van der Waals surface area (Å²) in [6, 6.07) is 21.0. The smallest absolute Gasteiger partial charge is 0.257 e. The molecule has 0 bridgehead atoms. The second kappa shape index (κ2) is 7.88. The van der Waals surface area contributed by atoms with Crippen molar-refractivity contribution in [1.29, 1.82) is 0 Å². The van der Waals surface area contributed by atoms with Crippen molar-refractivity contribution in [2.24, 2.45) is 10.2 Å². The molecule has 4 rings (SSSR count). The van der Waals surface area contributed by atoms with E-state index in [1.807, 2.05) is 30.3 Å². The summed E-state index contributed by atoms with van der Waals surface area (Å²) in [6.07, 6.45) is 0.517. The molecule has 0 amide bonds. The van der Waals surface area contributed by atoms with Crippen molar-refractivity contribution in [2.75, 3.05) is 5.01 Å². The highest BCUT2D eigenvalue weighted by atomic mass is 32.3. The first-order valence-electron chi connectivity index (χ1n) is 9.22. The number of hydrogen-bond acceptors (Lipinski definition) is 6. The molecule has 10 heteroatoms. The van der Waals surface area contributed by atoms with E-state index in [-0.39, 0.29) is 10.9 Å². The minimum Gasteiger partial charge on any atom is -0.257 e. The summed E-state index contributed by atoms with van der Waals surface area (Å²) in [5.41, 5.74) is 3.02. The number of sulfonamides is 1. The molecule has 0 saturated heterocycles. The Morgan fingerprint density at radius 1 is 0.839 bits per heavy atom. The van der Waals surface area contributed by atoms with Gasteiger partial charge in [-0.05, 0) is 47.5 Å². The zero-order valence-corrected chi connectivity index (χ0v) is 17.7. The molecule has 0 aliphatic carbocycles. The highest BCUT2D eigenvalue weighted by Crippen LogP contribution is 2.37. The lowest BCUT2D eigenvalue weighted by Gasteiger charge is -2.24. The molecular weight excluding hydrogens is 441 g/mol. The summed E-state index contributed by atoms with van der Waals surface area (Å²) in [4.78, 5) is -0.413. The van der Waals surface area contributed by atoms with Crippen LogP contribution in [0, 0.1) is 0 Å². The van der Waals surface area contributed by atoms with Gasteiger partial charge in [0.15, 0.2) is 0 Å². The molecule has 1 atom stereocenters. The second-order valence-corrected chi connectivity index (χ2v) is 9.93. The van der Waals surface area contributed by atoms with Gasteiger partial charge in [-0.2, -0.15) is 13.5 Å². The van der Waals surface area contributed by atoms with E-state index < -0.39 is 25.1 Å². The molecular formula is C21H18FN3O4S2. The van der Waals surface area contributed by atoms with Crippen molar-refractivity contribution in [3.63, 3.8) is 0 Å². The van der Waals surface area contributed by atoms with Crippen molar-refractivity contribution >= 4 is 31.6 Å². The van der Waals surface area contributed by atoms with E-state index in [2.05, 4.69) is 0 Å². The van der Waals surface area contributed by atoms with Gasteiger partial charge in [-0.25, -0.2) is 13.6 Å². The third kappa shape index (κ3) is 4.50. The van der Waals surface area contributed by atoms with Crippen molar-refractivity contribution in [3.8, 4) is 0 Å². The molecule has 1 aliphatic heterocycles. The Labute approximate surface area is 179 Å². The molecule has 7 nitrogen and oxygen atoms in total. The van der Waals surface area contributed by atoms with Crippen LogP contribution in [0.15, 0.2) is 93.8 Å². The molecule has 0 fully saturated rings. The standard InChI is InChI=1S/C21H18FN3O4S2/c22-30(26,27)18-10-6-15(7-11-18)20-14-21(16-4-2-1-3-5-16)25(24-20)17-8-12-19(13-9-17)31(23,28)29/h1-13,21H,14H2,(H2,23,28,29). The molecule has 3 aromatic carbocycles. The van der Waals surface area contributed by atoms with Crippen molar-refractivity contribution in [2.45, 2.75) is 22.3 Å². The zero-order chi connectivity index (χ0) is 22.2. The Kier molecular flexibility index (Phi) is 5.38. The van der Waals surface area contributed by atoms with Crippen LogP contribution < -0.4 is 10.1 Å². The van der Waals surface area contributed by atoms with Crippen LogP contribution in [0.1, 0.15) is 23.6 Å². The first-order chi connectivity index (χ1) is 14.6. The molecule has 0 radical (unpaired) electrons. The van der Waals surface area contributed by atoms with Gasteiger partial charge < -0.3 is 0 Å². The van der Waals surface area contributed by atoms with Gasteiger partial charge in [0.1, 0.15) is 0 Å². The maximum absolute atomic E-state index is 13.2. The molecule has 160 valence electrons. The Bertz CT molecular complexity index is 1340. The van der Waals surface area contributed by atoms with E-state index >= 15 is 0 Å². The van der Waals surface area contributed by atoms with Gasteiger partial charge in [0.05, 0.1) is 27.2 Å². The minimum absolute atomic E-state index is 0.000989. The summed E-state index contributed by atoms with van der Waals surface area (Å²) in [5.74, 6) is 0. The van der Waals surface area contributed by atoms with Crippen LogP contribution >= 0.6 is 0 Å². The number of rotatable bonds is 5. The molecule has 2 N–H and O–H groups in total. The summed E-state index contributed by atoms with van der Waals surface area (Å²) < 4.78 is 58.5. The van der Waals surface area contributed by atoms with Crippen molar-refractivity contribution in [1.82, 2.24) is 0 Å². The normalized spacial score (nSPS) is 16.9. The van der Waals surface area contributed by atoms with Crippen LogP contribution in [0.3, 0.4) is 0 Å².